The zero-order chi connectivity index (χ0) is 19.9. The highest BCUT2D eigenvalue weighted by atomic mass is 16.5. The molecule has 0 aliphatic rings. The average Bonchev–Trinajstić information content (AvgIpc) is 2.59. The Labute approximate surface area is 157 Å². The molecule has 0 atom stereocenters. The summed E-state index contributed by atoms with van der Waals surface area (Å²) in [5, 5.41) is 0. The molecule has 2 aromatic rings. The van der Waals surface area contributed by atoms with Crippen LogP contribution in [-0.4, -0.2) is 18.4 Å². The van der Waals surface area contributed by atoms with Crippen molar-refractivity contribution in [1.29, 1.82) is 0 Å². The number of hydrogen-bond donors (Lipinski definition) is 0. The smallest absolute Gasteiger partial charge is 0.308 e. The molecule has 26 heavy (non-hydrogen) atoms. The van der Waals surface area contributed by atoms with Gasteiger partial charge < -0.3 is 14.3 Å². The van der Waals surface area contributed by atoms with Crippen LogP contribution in [0.2, 0.25) is 0 Å². The van der Waals surface area contributed by atoms with Crippen LogP contribution in [0.25, 0.3) is 0 Å². The molecule has 4 nitrogen and oxygen atoms in total. The quantitative estimate of drug-likeness (QED) is 0.547. The standard InChI is InChI=1S/C17H18O3.C3H6O.C2H6/c1-13-7-9-16(10-8-13)19-12-11-15-5-3-4-6-17(15)20-14(2)18;1-3(2)4;1-2/h3-10H,11-12H2,1-2H3;1-2H3;1-2H3. The molecule has 0 unspecified atom stereocenters. The minimum absolute atomic E-state index is 0.167. The summed E-state index contributed by atoms with van der Waals surface area (Å²) in [5.74, 6) is 1.31. The Balaban J connectivity index is 0.000000920. The molecule has 0 fully saturated rings. The van der Waals surface area contributed by atoms with E-state index in [2.05, 4.69) is 0 Å². The normalized spacial score (nSPS) is 9.00. The van der Waals surface area contributed by atoms with Crippen molar-refractivity contribution in [2.45, 2.75) is 48.0 Å². The van der Waals surface area contributed by atoms with Crippen LogP contribution in [0.1, 0.15) is 45.7 Å². The zero-order valence-electron chi connectivity index (χ0n) is 16.7. The largest absolute Gasteiger partial charge is 0.493 e. The van der Waals surface area contributed by atoms with E-state index in [1.54, 1.807) is 6.07 Å². The molecule has 4 heteroatoms. The van der Waals surface area contributed by atoms with Crippen LogP contribution < -0.4 is 9.47 Å². The summed E-state index contributed by atoms with van der Waals surface area (Å²) >= 11 is 0. The molecular formula is C22H30O4. The molecule has 0 bridgehead atoms. The van der Waals surface area contributed by atoms with Gasteiger partial charge in [0.2, 0.25) is 0 Å². The van der Waals surface area contributed by atoms with E-state index in [9.17, 15) is 9.59 Å². The van der Waals surface area contributed by atoms with E-state index < -0.39 is 0 Å². The van der Waals surface area contributed by atoms with Crippen molar-refractivity contribution in [3.05, 3.63) is 59.7 Å². The summed E-state index contributed by atoms with van der Waals surface area (Å²) < 4.78 is 10.9. The molecule has 0 amide bonds. The van der Waals surface area contributed by atoms with E-state index in [1.807, 2.05) is 63.2 Å². The lowest BCUT2D eigenvalue weighted by Gasteiger charge is -2.10. The van der Waals surface area contributed by atoms with E-state index >= 15 is 0 Å². The van der Waals surface area contributed by atoms with Crippen molar-refractivity contribution in [3.63, 3.8) is 0 Å². The summed E-state index contributed by atoms with van der Waals surface area (Å²) in [6.45, 7) is 11.0. The van der Waals surface area contributed by atoms with Crippen LogP contribution in [0.4, 0.5) is 0 Å². The van der Waals surface area contributed by atoms with Gasteiger partial charge in [-0.3, -0.25) is 4.79 Å². The van der Waals surface area contributed by atoms with Crippen LogP contribution >= 0.6 is 0 Å². The van der Waals surface area contributed by atoms with Crippen LogP contribution in [0.3, 0.4) is 0 Å². The Morgan fingerprint density at radius 1 is 0.885 bits per heavy atom. The second-order valence-corrected chi connectivity index (χ2v) is 5.52. The third kappa shape index (κ3) is 11.0. The number of hydrogen-bond acceptors (Lipinski definition) is 4. The Morgan fingerprint density at radius 2 is 1.42 bits per heavy atom. The number of benzene rings is 2. The highest BCUT2D eigenvalue weighted by molar-refractivity contribution is 5.72. The van der Waals surface area contributed by atoms with Gasteiger partial charge in [-0.15, -0.1) is 0 Å². The molecule has 0 aliphatic carbocycles. The molecular weight excluding hydrogens is 328 g/mol. The first-order valence-corrected chi connectivity index (χ1v) is 8.81. The monoisotopic (exact) mass is 358 g/mol. The topological polar surface area (TPSA) is 52.6 Å². The summed E-state index contributed by atoms with van der Waals surface area (Å²) in [7, 11) is 0. The first kappa shape index (κ1) is 23.4. The fraction of sp³-hybridized carbons (Fsp3) is 0.364. The van der Waals surface area contributed by atoms with Gasteiger partial charge in [-0.05, 0) is 44.5 Å². The molecule has 0 spiro atoms. The Hall–Kier alpha value is -2.62. The van der Waals surface area contributed by atoms with Crippen LogP contribution in [-0.2, 0) is 16.0 Å². The maximum Gasteiger partial charge on any atom is 0.308 e. The van der Waals surface area contributed by atoms with Crippen molar-refractivity contribution in [2.24, 2.45) is 0 Å². The highest BCUT2D eigenvalue weighted by Crippen LogP contribution is 2.19. The minimum atomic E-state index is -0.308. The summed E-state index contributed by atoms with van der Waals surface area (Å²) in [6, 6.07) is 15.4. The molecule has 0 aliphatic heterocycles. The second-order valence-electron chi connectivity index (χ2n) is 5.52. The molecule has 0 aromatic heterocycles. The van der Waals surface area contributed by atoms with Gasteiger partial charge in [-0.2, -0.15) is 0 Å². The van der Waals surface area contributed by atoms with Gasteiger partial charge in [0.05, 0.1) is 6.61 Å². The van der Waals surface area contributed by atoms with E-state index in [4.69, 9.17) is 9.47 Å². The fourth-order valence-corrected chi connectivity index (χ4v) is 1.88. The SMILES string of the molecule is CC.CC(=O)Oc1ccccc1CCOc1ccc(C)cc1.CC(C)=O. The van der Waals surface area contributed by atoms with E-state index in [0.717, 1.165) is 11.3 Å². The van der Waals surface area contributed by atoms with Crippen LogP contribution in [0.5, 0.6) is 11.5 Å². The predicted molar refractivity (Wildman–Crippen MR) is 106 cm³/mol. The lowest BCUT2D eigenvalue weighted by atomic mass is 10.1. The Morgan fingerprint density at radius 3 is 1.96 bits per heavy atom. The molecule has 0 heterocycles. The predicted octanol–water partition coefficient (Wildman–Crippen LogP) is 5.16. The number of rotatable bonds is 5. The van der Waals surface area contributed by atoms with Gasteiger partial charge in [0.25, 0.3) is 0 Å². The first-order valence-electron chi connectivity index (χ1n) is 8.81. The molecule has 0 radical (unpaired) electrons. The van der Waals surface area contributed by atoms with Crippen molar-refractivity contribution in [2.75, 3.05) is 6.61 Å². The fourth-order valence-electron chi connectivity index (χ4n) is 1.88. The number of ether oxygens (including phenoxy) is 2. The van der Waals surface area contributed by atoms with Crippen molar-refractivity contribution >= 4 is 11.8 Å². The molecule has 2 aromatic carbocycles. The average molecular weight is 358 g/mol. The zero-order valence-corrected chi connectivity index (χ0v) is 16.7. The third-order valence-electron chi connectivity index (χ3n) is 2.89. The van der Waals surface area contributed by atoms with Crippen LogP contribution in [0.15, 0.2) is 48.5 Å². The Bertz CT molecular complexity index is 656. The van der Waals surface area contributed by atoms with Crippen molar-refractivity contribution < 1.29 is 19.1 Å². The molecule has 2 rings (SSSR count). The number of esters is 1. The number of para-hydroxylation sites is 1. The van der Waals surface area contributed by atoms with Crippen molar-refractivity contribution in [1.82, 2.24) is 0 Å². The van der Waals surface area contributed by atoms with E-state index in [1.165, 1.54) is 26.3 Å². The van der Waals surface area contributed by atoms with Gasteiger partial charge in [-0.1, -0.05) is 49.7 Å². The van der Waals surface area contributed by atoms with E-state index in [0.29, 0.717) is 18.8 Å². The van der Waals surface area contributed by atoms with E-state index in [-0.39, 0.29) is 11.8 Å². The second kappa shape index (κ2) is 13.6. The molecule has 142 valence electrons. The summed E-state index contributed by atoms with van der Waals surface area (Å²) in [5.41, 5.74) is 2.17. The minimum Gasteiger partial charge on any atom is -0.493 e. The van der Waals surface area contributed by atoms with Gasteiger partial charge in [-0.25, -0.2) is 0 Å². The lowest BCUT2D eigenvalue weighted by molar-refractivity contribution is -0.132. The molecule has 0 saturated heterocycles. The number of aryl methyl sites for hydroxylation is 1. The summed E-state index contributed by atoms with van der Waals surface area (Å²) in [6.07, 6.45) is 0.692. The van der Waals surface area contributed by atoms with Crippen LogP contribution in [0, 0.1) is 6.92 Å². The maximum atomic E-state index is 11.0. The number of carbonyl (C=O) groups is 2. The number of Topliss-reactive ketones (excluding diaryl/α,β-unsaturated/α-hetero) is 1. The van der Waals surface area contributed by atoms with Crippen molar-refractivity contribution in [3.8, 4) is 11.5 Å². The maximum absolute atomic E-state index is 11.0. The highest BCUT2D eigenvalue weighted by Gasteiger charge is 2.05. The first-order chi connectivity index (χ1) is 12.4. The summed E-state index contributed by atoms with van der Waals surface area (Å²) in [4.78, 5) is 20.5. The third-order valence-corrected chi connectivity index (χ3v) is 2.89. The Kier molecular flexibility index (Phi) is 12.3. The number of carbonyl (C=O) groups excluding carboxylic acids is 2. The molecule has 0 N–H and O–H groups in total. The lowest BCUT2D eigenvalue weighted by Crippen LogP contribution is -2.07. The molecule has 0 saturated carbocycles. The number of ketones is 1. The van der Waals surface area contributed by atoms with Gasteiger partial charge >= 0.3 is 5.97 Å². The van der Waals surface area contributed by atoms with Gasteiger partial charge in [0.15, 0.2) is 0 Å². The van der Waals surface area contributed by atoms with Gasteiger partial charge in [0.1, 0.15) is 17.3 Å². The van der Waals surface area contributed by atoms with Gasteiger partial charge in [0, 0.05) is 13.3 Å².